The summed E-state index contributed by atoms with van der Waals surface area (Å²) in [5.41, 5.74) is 3.20. The second-order valence-corrected chi connectivity index (χ2v) is 12.6. The highest BCUT2D eigenvalue weighted by atomic mass is 16.6. The average molecular weight is 627 g/mol. The molecule has 1 aliphatic rings. The first kappa shape index (κ1) is 31.5. The van der Waals surface area contributed by atoms with Crippen LogP contribution in [0.2, 0.25) is 0 Å². The summed E-state index contributed by atoms with van der Waals surface area (Å²) < 4.78 is 26.2. The number of benzene rings is 6. The van der Waals surface area contributed by atoms with Crippen LogP contribution in [0.5, 0.6) is 0 Å². The Balaban J connectivity index is 1.12. The number of aliphatic hydroxyl groups is 1. The number of rotatable bonds is 12. The van der Waals surface area contributed by atoms with Gasteiger partial charge in [0.1, 0.15) is 24.4 Å². The van der Waals surface area contributed by atoms with Crippen LogP contribution < -0.4 is 0 Å². The number of hydrogen-bond donors (Lipinski definition) is 1. The Kier molecular flexibility index (Phi) is 9.89. The monoisotopic (exact) mass is 626 g/mol. The average Bonchev–Trinajstić information content (AvgIpc) is 3.11. The maximum Gasteiger partial charge on any atom is 0.115 e. The van der Waals surface area contributed by atoms with Gasteiger partial charge in [0.2, 0.25) is 0 Å². The Bertz CT molecular complexity index is 1940. The van der Waals surface area contributed by atoms with E-state index in [9.17, 15) is 5.11 Å². The number of ether oxygens (including phenoxy) is 4. The molecular formula is C42H42O5. The van der Waals surface area contributed by atoms with E-state index in [1.54, 1.807) is 0 Å². The molecule has 1 N–H and O–H groups in total. The zero-order valence-electron chi connectivity index (χ0n) is 26.8. The molecule has 0 amide bonds. The van der Waals surface area contributed by atoms with E-state index in [0.29, 0.717) is 26.4 Å². The van der Waals surface area contributed by atoms with Gasteiger partial charge in [0, 0.05) is 0 Å². The molecule has 47 heavy (non-hydrogen) atoms. The van der Waals surface area contributed by atoms with Crippen LogP contribution in [0, 0.1) is 0 Å². The van der Waals surface area contributed by atoms with Crippen LogP contribution in [0.3, 0.4) is 0 Å². The normalized spacial score (nSPS) is 21.4. The molecule has 7 rings (SSSR count). The third-order valence-electron chi connectivity index (χ3n) is 9.21. The molecule has 0 aliphatic carbocycles. The van der Waals surface area contributed by atoms with Crippen molar-refractivity contribution in [2.24, 2.45) is 0 Å². The van der Waals surface area contributed by atoms with Crippen molar-refractivity contribution < 1.29 is 24.1 Å². The van der Waals surface area contributed by atoms with Gasteiger partial charge in [-0.1, -0.05) is 123 Å². The fourth-order valence-electron chi connectivity index (χ4n) is 6.72. The molecule has 1 heterocycles. The van der Waals surface area contributed by atoms with Crippen molar-refractivity contribution in [3.8, 4) is 0 Å². The van der Waals surface area contributed by atoms with Crippen molar-refractivity contribution in [3.05, 3.63) is 144 Å². The summed E-state index contributed by atoms with van der Waals surface area (Å²) in [4.78, 5) is 0. The molecule has 0 spiro atoms. The summed E-state index contributed by atoms with van der Waals surface area (Å²) in [6.45, 7) is 3.59. The van der Waals surface area contributed by atoms with Gasteiger partial charge in [-0.25, -0.2) is 0 Å². The predicted molar refractivity (Wildman–Crippen MR) is 188 cm³/mol. The predicted octanol–water partition coefficient (Wildman–Crippen LogP) is 8.76. The quantitative estimate of drug-likeness (QED) is 0.147. The molecule has 5 atom stereocenters. The smallest absolute Gasteiger partial charge is 0.115 e. The van der Waals surface area contributed by atoms with E-state index < -0.39 is 24.4 Å². The highest BCUT2D eigenvalue weighted by molar-refractivity contribution is 5.84. The number of hydrogen-bond acceptors (Lipinski definition) is 5. The maximum absolute atomic E-state index is 11.7. The minimum atomic E-state index is -0.839. The minimum absolute atomic E-state index is 0.317. The highest BCUT2D eigenvalue weighted by Crippen LogP contribution is 2.31. The van der Waals surface area contributed by atoms with Crippen LogP contribution in [0.15, 0.2) is 127 Å². The van der Waals surface area contributed by atoms with Crippen molar-refractivity contribution >= 4 is 32.3 Å². The summed E-state index contributed by atoms with van der Waals surface area (Å²) in [6.07, 6.45) is -1.17. The van der Waals surface area contributed by atoms with Gasteiger partial charge >= 0.3 is 0 Å². The van der Waals surface area contributed by atoms with E-state index in [4.69, 9.17) is 18.9 Å². The molecular weight excluding hydrogens is 584 g/mol. The Morgan fingerprint density at radius 3 is 1.47 bits per heavy atom. The molecule has 5 nitrogen and oxygen atoms in total. The Labute approximate surface area is 276 Å². The lowest BCUT2D eigenvalue weighted by atomic mass is 9.92. The van der Waals surface area contributed by atoms with E-state index in [-0.39, 0.29) is 6.10 Å². The molecule has 0 saturated carbocycles. The van der Waals surface area contributed by atoms with Gasteiger partial charge < -0.3 is 24.1 Å². The van der Waals surface area contributed by atoms with E-state index in [1.165, 1.54) is 21.5 Å². The zero-order chi connectivity index (χ0) is 32.0. The number of fused-ring (bicyclic) bond motifs is 3. The lowest BCUT2D eigenvalue weighted by Gasteiger charge is -2.44. The molecule has 6 aromatic rings. The SMILES string of the molecule is CCC[C@H]1O[C@H](COCc2ccc3ccccc3c2)[C@@H](OCc2ccc3ccccc3c2)[C@H](OCc2ccc3ccccc3c2)[C@H]1O. The van der Waals surface area contributed by atoms with Gasteiger partial charge in [0.05, 0.1) is 32.5 Å². The number of aliphatic hydroxyl groups excluding tert-OH is 1. The van der Waals surface area contributed by atoms with Crippen molar-refractivity contribution in [1.29, 1.82) is 0 Å². The first-order valence-electron chi connectivity index (χ1n) is 16.7. The second kappa shape index (κ2) is 14.8. The lowest BCUT2D eigenvalue weighted by Crippen LogP contribution is -2.60. The van der Waals surface area contributed by atoms with Crippen LogP contribution >= 0.6 is 0 Å². The Morgan fingerprint density at radius 2 is 0.979 bits per heavy atom. The van der Waals surface area contributed by atoms with Crippen LogP contribution in [-0.2, 0) is 38.8 Å². The summed E-state index contributed by atoms with van der Waals surface area (Å²) in [5.74, 6) is 0. The summed E-state index contributed by atoms with van der Waals surface area (Å²) >= 11 is 0. The van der Waals surface area contributed by atoms with Crippen molar-refractivity contribution in [2.45, 2.75) is 70.1 Å². The van der Waals surface area contributed by atoms with Gasteiger partial charge in [-0.3, -0.25) is 0 Å². The van der Waals surface area contributed by atoms with Crippen LogP contribution in [-0.4, -0.2) is 42.2 Å². The Hall–Kier alpha value is -4.10. The topological polar surface area (TPSA) is 57.2 Å². The van der Waals surface area contributed by atoms with Crippen LogP contribution in [0.25, 0.3) is 32.3 Å². The summed E-state index contributed by atoms with van der Waals surface area (Å²) in [7, 11) is 0. The van der Waals surface area contributed by atoms with Crippen molar-refractivity contribution in [3.63, 3.8) is 0 Å². The van der Waals surface area contributed by atoms with Gasteiger partial charge in [0.25, 0.3) is 0 Å². The second-order valence-electron chi connectivity index (χ2n) is 12.6. The van der Waals surface area contributed by atoms with E-state index in [1.807, 2.05) is 24.3 Å². The van der Waals surface area contributed by atoms with E-state index in [0.717, 1.165) is 40.3 Å². The van der Waals surface area contributed by atoms with Gasteiger partial charge in [-0.05, 0) is 73.6 Å². The highest BCUT2D eigenvalue weighted by Gasteiger charge is 2.46. The molecule has 0 aromatic heterocycles. The summed E-state index contributed by atoms with van der Waals surface area (Å²) in [5, 5.41) is 18.8. The van der Waals surface area contributed by atoms with Gasteiger partial charge in [-0.2, -0.15) is 0 Å². The van der Waals surface area contributed by atoms with E-state index >= 15 is 0 Å². The first-order valence-corrected chi connectivity index (χ1v) is 16.7. The third kappa shape index (κ3) is 7.41. The largest absolute Gasteiger partial charge is 0.388 e. The molecule has 1 aliphatic heterocycles. The maximum atomic E-state index is 11.7. The van der Waals surface area contributed by atoms with Crippen molar-refractivity contribution in [2.75, 3.05) is 6.61 Å². The minimum Gasteiger partial charge on any atom is -0.388 e. The zero-order valence-corrected chi connectivity index (χ0v) is 26.8. The molecule has 1 fully saturated rings. The van der Waals surface area contributed by atoms with Crippen LogP contribution in [0.1, 0.15) is 36.5 Å². The van der Waals surface area contributed by atoms with Gasteiger partial charge in [0.15, 0.2) is 0 Å². The van der Waals surface area contributed by atoms with Gasteiger partial charge in [-0.15, -0.1) is 0 Å². The third-order valence-corrected chi connectivity index (χ3v) is 9.21. The van der Waals surface area contributed by atoms with E-state index in [2.05, 4.69) is 110 Å². The first-order chi connectivity index (χ1) is 23.1. The molecule has 6 aromatic carbocycles. The fourth-order valence-corrected chi connectivity index (χ4v) is 6.72. The molecule has 0 unspecified atom stereocenters. The molecule has 240 valence electrons. The summed E-state index contributed by atoms with van der Waals surface area (Å²) in [6, 6.07) is 44.1. The molecule has 0 bridgehead atoms. The van der Waals surface area contributed by atoms with Crippen LogP contribution in [0.4, 0.5) is 0 Å². The lowest BCUT2D eigenvalue weighted by molar-refractivity contribution is -0.262. The Morgan fingerprint density at radius 1 is 0.532 bits per heavy atom. The fraction of sp³-hybridized carbons (Fsp3) is 0.286. The molecule has 1 saturated heterocycles. The molecule has 5 heteroatoms. The van der Waals surface area contributed by atoms with Crippen molar-refractivity contribution in [1.82, 2.24) is 0 Å². The standard InChI is InChI=1S/C42H42O5/c1-2-9-38-40(43)42(46-27-31-18-21-34-12-5-8-15-37(34)24-31)41(45-26-30-17-20-33-11-4-7-14-36(33)23-30)39(47-38)28-44-25-29-16-19-32-10-3-6-13-35(32)22-29/h3-8,10-24,38-43H,2,9,25-28H2,1H3/t38-,39-,40+,41-,42-/m1/s1. The molecule has 0 radical (unpaired) electrons.